The van der Waals surface area contributed by atoms with Gasteiger partial charge in [0, 0.05) is 32.4 Å². The smallest absolute Gasteiger partial charge is 0.261 e. The summed E-state index contributed by atoms with van der Waals surface area (Å²) < 4.78 is 32.6. The minimum Gasteiger partial charge on any atom is -0.497 e. The molecule has 0 spiro atoms. The molecular formula is C20H22N6O3S. The van der Waals surface area contributed by atoms with Crippen LogP contribution in [0.1, 0.15) is 0 Å². The van der Waals surface area contributed by atoms with E-state index in [9.17, 15) is 8.42 Å². The van der Waals surface area contributed by atoms with E-state index in [1.54, 1.807) is 18.3 Å². The molecule has 1 fully saturated rings. The van der Waals surface area contributed by atoms with E-state index in [-0.39, 0.29) is 4.90 Å². The number of ether oxygens (including phenoxy) is 1. The molecule has 0 saturated carbocycles. The average Bonchev–Trinajstić information content (AvgIpc) is 2.80. The number of hydrogen-bond donors (Lipinski definition) is 1. The minimum absolute atomic E-state index is 0.137. The second kappa shape index (κ2) is 8.54. The lowest BCUT2D eigenvalue weighted by molar-refractivity contribution is 0.414. The van der Waals surface area contributed by atoms with Crippen molar-refractivity contribution in [1.82, 2.24) is 15.0 Å². The van der Waals surface area contributed by atoms with Crippen molar-refractivity contribution < 1.29 is 13.2 Å². The van der Waals surface area contributed by atoms with Gasteiger partial charge < -0.3 is 14.5 Å². The standard InChI is InChI=1S/C20H22N6O3S/c1-29-17-5-7-18(8-6-17)30(27,28)24-16-14-22-20(23-15-16)26-12-10-25(11-13-26)19-4-2-3-9-21-19/h2-9,14-15,24H,10-13H2,1H3. The number of anilines is 3. The van der Waals surface area contributed by atoms with Crippen molar-refractivity contribution >= 4 is 27.5 Å². The van der Waals surface area contributed by atoms with E-state index in [1.165, 1.54) is 31.6 Å². The van der Waals surface area contributed by atoms with Gasteiger partial charge in [0.15, 0.2) is 0 Å². The fraction of sp³-hybridized carbons (Fsp3) is 0.250. The van der Waals surface area contributed by atoms with E-state index >= 15 is 0 Å². The number of aromatic nitrogens is 3. The topological polar surface area (TPSA) is 101 Å². The normalized spacial score (nSPS) is 14.4. The van der Waals surface area contributed by atoms with Crippen LogP contribution in [0.3, 0.4) is 0 Å². The number of pyridine rings is 1. The van der Waals surface area contributed by atoms with Crippen molar-refractivity contribution in [3.63, 3.8) is 0 Å². The summed E-state index contributed by atoms with van der Waals surface area (Å²) in [6.45, 7) is 3.14. The highest BCUT2D eigenvalue weighted by Crippen LogP contribution is 2.20. The van der Waals surface area contributed by atoms with Gasteiger partial charge in [0.1, 0.15) is 11.6 Å². The summed E-state index contributed by atoms with van der Waals surface area (Å²) in [6, 6.07) is 12.0. The highest BCUT2D eigenvalue weighted by atomic mass is 32.2. The van der Waals surface area contributed by atoms with Crippen molar-refractivity contribution in [1.29, 1.82) is 0 Å². The molecule has 10 heteroatoms. The zero-order chi connectivity index (χ0) is 21.0. The van der Waals surface area contributed by atoms with Crippen molar-refractivity contribution in [2.45, 2.75) is 4.90 Å². The minimum atomic E-state index is -3.73. The Bertz CT molecular complexity index is 1070. The summed E-state index contributed by atoms with van der Waals surface area (Å²) in [7, 11) is -2.20. The Hall–Kier alpha value is -3.40. The monoisotopic (exact) mass is 426 g/mol. The molecule has 1 aliphatic heterocycles. The van der Waals surface area contributed by atoms with Gasteiger partial charge in [-0.15, -0.1) is 0 Å². The predicted molar refractivity (Wildman–Crippen MR) is 114 cm³/mol. The molecule has 156 valence electrons. The largest absolute Gasteiger partial charge is 0.497 e. The zero-order valence-electron chi connectivity index (χ0n) is 16.5. The fourth-order valence-corrected chi connectivity index (χ4v) is 4.21. The summed E-state index contributed by atoms with van der Waals surface area (Å²) in [4.78, 5) is 17.5. The first kappa shape index (κ1) is 19.9. The molecule has 1 N–H and O–H groups in total. The third-order valence-electron chi connectivity index (χ3n) is 4.80. The van der Waals surface area contributed by atoms with Crippen LogP contribution in [-0.4, -0.2) is 56.7 Å². The lowest BCUT2D eigenvalue weighted by Gasteiger charge is -2.35. The van der Waals surface area contributed by atoms with Crippen LogP contribution in [0, 0.1) is 0 Å². The van der Waals surface area contributed by atoms with Crippen LogP contribution in [0.4, 0.5) is 17.5 Å². The van der Waals surface area contributed by atoms with Crippen molar-refractivity contribution in [2.24, 2.45) is 0 Å². The van der Waals surface area contributed by atoms with Crippen LogP contribution >= 0.6 is 0 Å². The molecule has 0 unspecified atom stereocenters. The maximum Gasteiger partial charge on any atom is 0.261 e. The number of piperazine rings is 1. The number of methoxy groups -OCH3 is 1. The molecule has 2 aromatic heterocycles. The Morgan fingerprint density at radius 1 is 0.900 bits per heavy atom. The van der Waals surface area contributed by atoms with Crippen molar-refractivity contribution in [3.05, 3.63) is 61.1 Å². The molecule has 0 atom stereocenters. The van der Waals surface area contributed by atoms with Crippen LogP contribution < -0.4 is 19.3 Å². The van der Waals surface area contributed by atoms with E-state index in [2.05, 4.69) is 29.5 Å². The van der Waals surface area contributed by atoms with Crippen molar-refractivity contribution in [3.8, 4) is 5.75 Å². The second-order valence-electron chi connectivity index (χ2n) is 6.71. The van der Waals surface area contributed by atoms with E-state index in [1.807, 2.05) is 18.2 Å². The van der Waals surface area contributed by atoms with Gasteiger partial charge in [-0.1, -0.05) is 6.07 Å². The van der Waals surface area contributed by atoms with Crippen LogP contribution in [0.5, 0.6) is 5.75 Å². The van der Waals surface area contributed by atoms with Gasteiger partial charge in [0.2, 0.25) is 5.95 Å². The third-order valence-corrected chi connectivity index (χ3v) is 6.19. The van der Waals surface area contributed by atoms with Crippen LogP contribution in [0.2, 0.25) is 0 Å². The van der Waals surface area contributed by atoms with Gasteiger partial charge in [-0.2, -0.15) is 0 Å². The molecule has 4 rings (SSSR count). The Kier molecular flexibility index (Phi) is 5.66. The quantitative estimate of drug-likeness (QED) is 0.639. The van der Waals surface area contributed by atoms with E-state index in [0.29, 0.717) is 17.4 Å². The Balaban J connectivity index is 1.38. The Morgan fingerprint density at radius 3 is 2.17 bits per heavy atom. The molecule has 3 heterocycles. The number of nitrogens with zero attached hydrogens (tertiary/aromatic N) is 5. The number of nitrogens with one attached hydrogen (secondary N) is 1. The summed E-state index contributed by atoms with van der Waals surface area (Å²) in [6.07, 6.45) is 4.75. The molecule has 1 saturated heterocycles. The van der Waals surface area contributed by atoms with Crippen LogP contribution in [0.15, 0.2) is 66.0 Å². The molecule has 1 aromatic carbocycles. The molecule has 0 bridgehead atoms. The number of rotatable bonds is 6. The lowest BCUT2D eigenvalue weighted by atomic mass is 10.3. The van der Waals surface area contributed by atoms with Gasteiger partial charge in [0.05, 0.1) is 30.1 Å². The molecule has 0 radical (unpaired) electrons. The van der Waals surface area contributed by atoms with Gasteiger partial charge in [-0.05, 0) is 36.4 Å². The van der Waals surface area contributed by atoms with Gasteiger partial charge in [0.25, 0.3) is 10.0 Å². The maximum absolute atomic E-state index is 12.5. The third kappa shape index (κ3) is 4.43. The van der Waals surface area contributed by atoms with Crippen LogP contribution in [0.25, 0.3) is 0 Å². The first-order chi connectivity index (χ1) is 14.5. The van der Waals surface area contributed by atoms with E-state index in [4.69, 9.17) is 4.74 Å². The molecule has 3 aromatic rings. The molecule has 1 aliphatic rings. The molecular weight excluding hydrogens is 404 g/mol. The first-order valence-electron chi connectivity index (χ1n) is 9.45. The molecule has 9 nitrogen and oxygen atoms in total. The Labute approximate surface area is 175 Å². The fourth-order valence-electron chi connectivity index (χ4n) is 3.18. The molecule has 0 amide bonds. The van der Waals surface area contributed by atoms with Crippen LogP contribution in [-0.2, 0) is 10.0 Å². The highest BCUT2D eigenvalue weighted by molar-refractivity contribution is 7.92. The first-order valence-corrected chi connectivity index (χ1v) is 10.9. The number of benzene rings is 1. The van der Waals surface area contributed by atoms with Gasteiger partial charge in [-0.3, -0.25) is 4.72 Å². The van der Waals surface area contributed by atoms with Gasteiger partial charge in [-0.25, -0.2) is 23.4 Å². The molecule has 30 heavy (non-hydrogen) atoms. The summed E-state index contributed by atoms with van der Waals surface area (Å²) in [5.41, 5.74) is 0.307. The number of hydrogen-bond acceptors (Lipinski definition) is 8. The predicted octanol–water partition coefficient (Wildman–Crippen LogP) is 2.01. The second-order valence-corrected chi connectivity index (χ2v) is 8.40. The Morgan fingerprint density at radius 2 is 1.57 bits per heavy atom. The number of sulfonamides is 1. The van der Waals surface area contributed by atoms with Crippen molar-refractivity contribution in [2.75, 3.05) is 47.8 Å². The summed E-state index contributed by atoms with van der Waals surface area (Å²) >= 11 is 0. The van der Waals surface area contributed by atoms with Gasteiger partial charge >= 0.3 is 0 Å². The highest BCUT2D eigenvalue weighted by Gasteiger charge is 2.20. The SMILES string of the molecule is COc1ccc(S(=O)(=O)Nc2cnc(N3CCN(c4ccccn4)CC3)nc2)cc1. The maximum atomic E-state index is 12.5. The summed E-state index contributed by atoms with van der Waals surface area (Å²) in [5, 5.41) is 0. The zero-order valence-corrected chi connectivity index (χ0v) is 17.3. The molecule has 0 aliphatic carbocycles. The van der Waals surface area contributed by atoms with E-state index < -0.39 is 10.0 Å². The average molecular weight is 427 g/mol. The summed E-state index contributed by atoms with van der Waals surface area (Å²) in [5.74, 6) is 2.12. The van der Waals surface area contributed by atoms with E-state index in [0.717, 1.165) is 32.0 Å². The lowest BCUT2D eigenvalue weighted by Crippen LogP contribution is -2.47.